The molecule has 1 saturated carbocycles. The summed E-state index contributed by atoms with van der Waals surface area (Å²) in [5.41, 5.74) is 2.40. The standard InChI is InChI=1S/C18H23N3O3/c1-2-23-17-20-13-6-5-12(10-14(13)21-17)16(22)19-11-18-7-3-4-15(18)24-9-8-18/h5-6,10,15H,2-4,7-9,11H2,1H3,(H,19,22)(H,20,21)/t15-,18-/m1/s1. The molecule has 0 bridgehead atoms. The van der Waals surface area contributed by atoms with E-state index >= 15 is 0 Å². The summed E-state index contributed by atoms with van der Waals surface area (Å²) in [6.45, 7) is 3.98. The molecule has 1 aromatic carbocycles. The summed E-state index contributed by atoms with van der Waals surface area (Å²) in [6.07, 6.45) is 4.84. The summed E-state index contributed by atoms with van der Waals surface area (Å²) in [6, 6.07) is 5.97. The first-order chi connectivity index (χ1) is 11.7. The van der Waals surface area contributed by atoms with Crippen molar-refractivity contribution in [3.63, 3.8) is 0 Å². The highest BCUT2D eigenvalue weighted by atomic mass is 16.5. The third-order valence-electron chi connectivity index (χ3n) is 5.35. The maximum atomic E-state index is 12.5. The van der Waals surface area contributed by atoms with Crippen molar-refractivity contribution in [3.05, 3.63) is 23.8 Å². The average Bonchev–Trinajstić information content (AvgIpc) is 3.25. The van der Waals surface area contributed by atoms with Gasteiger partial charge in [-0.15, -0.1) is 0 Å². The highest BCUT2D eigenvalue weighted by Gasteiger charge is 2.47. The van der Waals surface area contributed by atoms with Crippen LogP contribution in [0, 0.1) is 5.41 Å². The summed E-state index contributed by atoms with van der Waals surface area (Å²) >= 11 is 0. The van der Waals surface area contributed by atoms with E-state index in [1.54, 1.807) is 0 Å². The van der Waals surface area contributed by atoms with Crippen molar-refractivity contribution in [2.45, 2.75) is 38.7 Å². The molecule has 0 radical (unpaired) electrons. The van der Waals surface area contributed by atoms with Gasteiger partial charge in [-0.2, -0.15) is 4.98 Å². The van der Waals surface area contributed by atoms with Crippen LogP contribution in [0.3, 0.4) is 0 Å². The van der Waals surface area contributed by atoms with Crippen LogP contribution in [0.25, 0.3) is 11.0 Å². The Morgan fingerprint density at radius 3 is 3.29 bits per heavy atom. The Kier molecular flexibility index (Phi) is 3.92. The van der Waals surface area contributed by atoms with E-state index in [4.69, 9.17) is 9.47 Å². The van der Waals surface area contributed by atoms with Crippen LogP contribution < -0.4 is 10.1 Å². The molecule has 0 unspecified atom stereocenters. The fourth-order valence-corrected chi connectivity index (χ4v) is 4.04. The first kappa shape index (κ1) is 15.4. The van der Waals surface area contributed by atoms with Gasteiger partial charge < -0.3 is 19.8 Å². The highest BCUT2D eigenvalue weighted by Crippen LogP contribution is 2.46. The number of rotatable bonds is 5. The second-order valence-corrected chi connectivity index (χ2v) is 6.75. The molecule has 1 aromatic heterocycles. The zero-order valence-corrected chi connectivity index (χ0v) is 13.9. The molecule has 6 nitrogen and oxygen atoms in total. The van der Waals surface area contributed by atoms with Gasteiger partial charge in [0.1, 0.15) is 0 Å². The molecule has 24 heavy (non-hydrogen) atoms. The number of ether oxygens (including phenoxy) is 2. The minimum atomic E-state index is -0.0450. The van der Waals surface area contributed by atoms with Gasteiger partial charge in [-0.05, 0) is 44.4 Å². The molecule has 6 heteroatoms. The summed E-state index contributed by atoms with van der Waals surface area (Å²) in [4.78, 5) is 20.0. The minimum Gasteiger partial charge on any atom is -0.465 e. The normalized spacial score (nSPS) is 25.8. The molecule has 1 saturated heterocycles. The molecule has 128 valence electrons. The van der Waals surface area contributed by atoms with E-state index in [1.807, 2.05) is 25.1 Å². The molecule has 1 amide bonds. The van der Waals surface area contributed by atoms with Gasteiger partial charge >= 0.3 is 0 Å². The molecule has 2 atom stereocenters. The Bertz CT molecular complexity index is 745. The monoisotopic (exact) mass is 329 g/mol. The maximum Gasteiger partial charge on any atom is 0.294 e. The van der Waals surface area contributed by atoms with Crippen molar-refractivity contribution in [1.29, 1.82) is 0 Å². The molecule has 2 heterocycles. The molecule has 2 N–H and O–H groups in total. The second kappa shape index (κ2) is 6.09. The third kappa shape index (κ3) is 2.65. The lowest BCUT2D eigenvalue weighted by atomic mass is 9.83. The first-order valence-electron chi connectivity index (χ1n) is 8.72. The summed E-state index contributed by atoms with van der Waals surface area (Å²) in [5, 5.41) is 3.12. The van der Waals surface area contributed by atoms with Gasteiger partial charge in [-0.3, -0.25) is 4.79 Å². The average molecular weight is 329 g/mol. The van der Waals surface area contributed by atoms with Gasteiger partial charge in [0.25, 0.3) is 11.9 Å². The molecule has 2 aromatic rings. The second-order valence-electron chi connectivity index (χ2n) is 6.75. The van der Waals surface area contributed by atoms with Crippen molar-refractivity contribution in [2.75, 3.05) is 19.8 Å². The number of H-pyrrole nitrogens is 1. The smallest absolute Gasteiger partial charge is 0.294 e. The van der Waals surface area contributed by atoms with Crippen LogP contribution >= 0.6 is 0 Å². The number of carbonyl (C=O) groups excluding carboxylic acids is 1. The van der Waals surface area contributed by atoms with Gasteiger partial charge in [0, 0.05) is 24.1 Å². The Morgan fingerprint density at radius 1 is 1.50 bits per heavy atom. The molecule has 2 aliphatic rings. The van der Waals surface area contributed by atoms with Gasteiger partial charge in [0.2, 0.25) is 0 Å². The zero-order valence-electron chi connectivity index (χ0n) is 13.9. The third-order valence-corrected chi connectivity index (χ3v) is 5.35. The van der Waals surface area contributed by atoms with E-state index in [9.17, 15) is 4.79 Å². The van der Waals surface area contributed by atoms with E-state index in [2.05, 4.69) is 15.3 Å². The summed E-state index contributed by atoms with van der Waals surface area (Å²) in [7, 11) is 0. The SMILES string of the molecule is CCOc1nc2ccc(C(=O)NC[C@]34CCC[C@H]3OCC4)cc2[nH]1. The lowest BCUT2D eigenvalue weighted by molar-refractivity contribution is 0.0669. The minimum absolute atomic E-state index is 0.0450. The number of nitrogens with one attached hydrogen (secondary N) is 2. The fourth-order valence-electron chi connectivity index (χ4n) is 4.04. The van der Waals surface area contributed by atoms with Crippen molar-refractivity contribution in [3.8, 4) is 6.01 Å². The number of imidazole rings is 1. The quantitative estimate of drug-likeness (QED) is 0.884. The first-order valence-corrected chi connectivity index (χ1v) is 8.72. The number of benzene rings is 1. The Morgan fingerprint density at radius 2 is 2.42 bits per heavy atom. The molecule has 1 aliphatic heterocycles. The maximum absolute atomic E-state index is 12.5. The van der Waals surface area contributed by atoms with Crippen LogP contribution in [0.4, 0.5) is 0 Å². The van der Waals surface area contributed by atoms with Gasteiger partial charge in [-0.1, -0.05) is 6.42 Å². The molecule has 1 aliphatic carbocycles. The number of fused-ring (bicyclic) bond motifs is 2. The number of carbonyl (C=O) groups is 1. The van der Waals surface area contributed by atoms with E-state index in [-0.39, 0.29) is 11.3 Å². The molecular weight excluding hydrogens is 306 g/mol. The van der Waals surface area contributed by atoms with Crippen molar-refractivity contribution < 1.29 is 14.3 Å². The van der Waals surface area contributed by atoms with Crippen LogP contribution in [-0.2, 0) is 4.74 Å². The number of hydrogen-bond acceptors (Lipinski definition) is 4. The number of aromatic nitrogens is 2. The Labute approximate surface area is 140 Å². The van der Waals surface area contributed by atoms with Crippen molar-refractivity contribution in [1.82, 2.24) is 15.3 Å². The summed E-state index contributed by atoms with van der Waals surface area (Å²) < 4.78 is 11.2. The van der Waals surface area contributed by atoms with Crippen LogP contribution in [0.2, 0.25) is 0 Å². The number of nitrogens with zero attached hydrogens (tertiary/aromatic N) is 1. The van der Waals surface area contributed by atoms with Gasteiger partial charge in [0.15, 0.2) is 0 Å². The number of aromatic amines is 1. The number of hydrogen-bond donors (Lipinski definition) is 2. The molecule has 2 fully saturated rings. The Hall–Kier alpha value is -2.08. The topological polar surface area (TPSA) is 76.2 Å². The Balaban J connectivity index is 1.47. The summed E-state index contributed by atoms with van der Waals surface area (Å²) in [5.74, 6) is -0.0450. The lowest BCUT2D eigenvalue weighted by Gasteiger charge is -2.27. The van der Waals surface area contributed by atoms with E-state index < -0.39 is 0 Å². The van der Waals surface area contributed by atoms with Crippen LogP contribution in [0.5, 0.6) is 6.01 Å². The van der Waals surface area contributed by atoms with Gasteiger partial charge in [0.05, 0.1) is 23.7 Å². The molecule has 0 spiro atoms. The van der Waals surface area contributed by atoms with E-state index in [0.717, 1.165) is 36.9 Å². The molecular formula is C18H23N3O3. The van der Waals surface area contributed by atoms with E-state index in [1.165, 1.54) is 6.42 Å². The van der Waals surface area contributed by atoms with Crippen LogP contribution in [0.15, 0.2) is 18.2 Å². The molecule has 4 rings (SSSR count). The van der Waals surface area contributed by atoms with Crippen LogP contribution in [-0.4, -0.2) is 41.7 Å². The highest BCUT2D eigenvalue weighted by molar-refractivity contribution is 5.97. The zero-order chi connectivity index (χ0) is 16.6. The largest absolute Gasteiger partial charge is 0.465 e. The van der Waals surface area contributed by atoms with Crippen molar-refractivity contribution in [2.24, 2.45) is 5.41 Å². The van der Waals surface area contributed by atoms with Gasteiger partial charge in [-0.25, -0.2) is 0 Å². The van der Waals surface area contributed by atoms with Crippen LogP contribution in [0.1, 0.15) is 43.0 Å². The van der Waals surface area contributed by atoms with Crippen molar-refractivity contribution >= 4 is 16.9 Å². The fraction of sp³-hybridized carbons (Fsp3) is 0.556. The lowest BCUT2D eigenvalue weighted by Crippen LogP contribution is -2.39. The predicted molar refractivity (Wildman–Crippen MR) is 90.2 cm³/mol. The predicted octanol–water partition coefficient (Wildman–Crippen LogP) is 2.65. The number of amides is 1. The van der Waals surface area contributed by atoms with E-state index in [0.29, 0.717) is 30.8 Å².